The second-order valence-corrected chi connectivity index (χ2v) is 4.54. The fraction of sp³-hybridized carbons (Fsp3) is 0.500. The molecule has 0 saturated carbocycles. The summed E-state index contributed by atoms with van der Waals surface area (Å²) in [5.41, 5.74) is 8.07. The number of hydrogen-bond donors (Lipinski definition) is 1. The third kappa shape index (κ3) is 3.84. The van der Waals surface area contributed by atoms with Gasteiger partial charge < -0.3 is 10.6 Å². The highest BCUT2D eigenvalue weighted by Gasteiger charge is 2.03. The van der Waals surface area contributed by atoms with Crippen LogP contribution in [-0.4, -0.2) is 24.5 Å². The smallest absolute Gasteiger partial charge is 0.0358 e. The lowest BCUT2D eigenvalue weighted by Gasteiger charge is -2.18. The highest BCUT2D eigenvalue weighted by Crippen LogP contribution is 2.19. The molecule has 0 amide bonds. The minimum atomic E-state index is 0.886. The van der Waals surface area contributed by atoms with Crippen molar-refractivity contribution >= 4 is 21.6 Å². The average Bonchev–Trinajstić information content (AvgIpc) is 2.22. The minimum Gasteiger partial charge on any atom is -0.398 e. The summed E-state index contributed by atoms with van der Waals surface area (Å²) < 4.78 is 1.05. The number of nitrogens with zero attached hydrogens (tertiary/aromatic N) is 1. The molecule has 0 saturated heterocycles. The lowest BCUT2D eigenvalue weighted by atomic mass is 10.1. The number of nitrogen functional groups attached to an aromatic ring is 1. The molecular formula is C12H19BrN2. The fourth-order valence-corrected chi connectivity index (χ4v) is 1.99. The first-order valence-corrected chi connectivity index (χ1v) is 6.23. The molecule has 0 fully saturated rings. The number of rotatable bonds is 5. The minimum absolute atomic E-state index is 0.886. The average molecular weight is 271 g/mol. The van der Waals surface area contributed by atoms with Crippen LogP contribution >= 0.6 is 15.9 Å². The van der Waals surface area contributed by atoms with Crippen LogP contribution in [0.5, 0.6) is 0 Å². The predicted molar refractivity (Wildman–Crippen MR) is 70.0 cm³/mol. The van der Waals surface area contributed by atoms with E-state index in [2.05, 4.69) is 40.7 Å². The highest BCUT2D eigenvalue weighted by atomic mass is 79.9. The van der Waals surface area contributed by atoms with Crippen LogP contribution < -0.4 is 5.73 Å². The van der Waals surface area contributed by atoms with E-state index in [0.717, 1.165) is 36.2 Å². The van der Waals surface area contributed by atoms with Crippen molar-refractivity contribution in [2.75, 3.05) is 25.4 Å². The Morgan fingerprint density at radius 2 is 1.93 bits per heavy atom. The number of halogens is 1. The van der Waals surface area contributed by atoms with Gasteiger partial charge in [0.15, 0.2) is 0 Å². The summed E-state index contributed by atoms with van der Waals surface area (Å²) in [7, 11) is 0. The molecule has 0 radical (unpaired) electrons. The number of hydrogen-bond acceptors (Lipinski definition) is 2. The molecule has 0 heterocycles. The third-order valence-corrected chi connectivity index (χ3v) is 3.19. The molecule has 1 aromatic rings. The van der Waals surface area contributed by atoms with Gasteiger partial charge >= 0.3 is 0 Å². The van der Waals surface area contributed by atoms with Gasteiger partial charge in [-0.3, -0.25) is 0 Å². The summed E-state index contributed by atoms with van der Waals surface area (Å²) in [6, 6.07) is 6.12. The second-order valence-electron chi connectivity index (χ2n) is 3.62. The van der Waals surface area contributed by atoms with Gasteiger partial charge in [-0.2, -0.15) is 0 Å². The lowest BCUT2D eigenvalue weighted by molar-refractivity contribution is 0.308. The maximum atomic E-state index is 5.94. The van der Waals surface area contributed by atoms with E-state index in [1.165, 1.54) is 5.56 Å². The monoisotopic (exact) mass is 270 g/mol. The lowest BCUT2D eigenvalue weighted by Crippen LogP contribution is -2.25. The summed E-state index contributed by atoms with van der Waals surface area (Å²) in [5, 5.41) is 0. The summed E-state index contributed by atoms with van der Waals surface area (Å²) >= 11 is 3.41. The molecule has 84 valence electrons. The summed E-state index contributed by atoms with van der Waals surface area (Å²) in [6.07, 6.45) is 1.03. The SMILES string of the molecule is CCN(CC)CCc1ccc(Br)cc1N. The summed E-state index contributed by atoms with van der Waals surface area (Å²) in [4.78, 5) is 2.40. The molecule has 15 heavy (non-hydrogen) atoms. The van der Waals surface area contributed by atoms with Crippen molar-refractivity contribution in [2.45, 2.75) is 20.3 Å². The summed E-state index contributed by atoms with van der Waals surface area (Å²) in [5.74, 6) is 0. The molecule has 0 atom stereocenters. The maximum absolute atomic E-state index is 5.94. The quantitative estimate of drug-likeness (QED) is 0.834. The van der Waals surface area contributed by atoms with Crippen molar-refractivity contribution < 1.29 is 0 Å². The molecule has 2 nitrogen and oxygen atoms in total. The topological polar surface area (TPSA) is 29.3 Å². The van der Waals surface area contributed by atoms with Crippen LogP contribution in [-0.2, 0) is 6.42 Å². The van der Waals surface area contributed by atoms with E-state index in [1.54, 1.807) is 0 Å². The Morgan fingerprint density at radius 1 is 1.27 bits per heavy atom. The fourth-order valence-electron chi connectivity index (χ4n) is 1.61. The van der Waals surface area contributed by atoms with Gasteiger partial charge in [-0.1, -0.05) is 35.8 Å². The van der Waals surface area contributed by atoms with Crippen LogP contribution in [0.3, 0.4) is 0 Å². The zero-order chi connectivity index (χ0) is 11.3. The van der Waals surface area contributed by atoms with Crippen molar-refractivity contribution in [2.24, 2.45) is 0 Å². The molecule has 0 bridgehead atoms. The number of nitrogens with two attached hydrogens (primary N) is 1. The molecule has 1 rings (SSSR count). The van der Waals surface area contributed by atoms with Crippen LogP contribution in [0.15, 0.2) is 22.7 Å². The third-order valence-electron chi connectivity index (χ3n) is 2.70. The van der Waals surface area contributed by atoms with Crippen LogP contribution in [0.2, 0.25) is 0 Å². The van der Waals surface area contributed by atoms with Crippen molar-refractivity contribution in [1.82, 2.24) is 4.90 Å². The van der Waals surface area contributed by atoms with E-state index >= 15 is 0 Å². The van der Waals surface area contributed by atoms with Crippen molar-refractivity contribution in [3.05, 3.63) is 28.2 Å². The van der Waals surface area contributed by atoms with Crippen molar-refractivity contribution in [1.29, 1.82) is 0 Å². The van der Waals surface area contributed by atoms with E-state index in [-0.39, 0.29) is 0 Å². The molecule has 0 aromatic heterocycles. The van der Waals surface area contributed by atoms with Gasteiger partial charge in [0.1, 0.15) is 0 Å². The van der Waals surface area contributed by atoms with Gasteiger partial charge in [0.05, 0.1) is 0 Å². The normalized spacial score (nSPS) is 10.9. The molecule has 2 N–H and O–H groups in total. The van der Waals surface area contributed by atoms with Crippen LogP contribution in [0.25, 0.3) is 0 Å². The van der Waals surface area contributed by atoms with E-state index in [4.69, 9.17) is 5.73 Å². The molecule has 3 heteroatoms. The Hall–Kier alpha value is -0.540. The Bertz CT molecular complexity index is 308. The largest absolute Gasteiger partial charge is 0.398 e. The van der Waals surface area contributed by atoms with Crippen molar-refractivity contribution in [3.63, 3.8) is 0 Å². The first-order chi connectivity index (χ1) is 7.17. The van der Waals surface area contributed by atoms with Gasteiger partial charge in [-0.15, -0.1) is 0 Å². The molecule has 0 aliphatic heterocycles. The predicted octanol–water partition coefficient (Wildman–Crippen LogP) is 2.92. The first kappa shape index (κ1) is 12.5. The van der Waals surface area contributed by atoms with Crippen LogP contribution in [0.1, 0.15) is 19.4 Å². The zero-order valence-corrected chi connectivity index (χ0v) is 11.0. The Morgan fingerprint density at radius 3 is 2.47 bits per heavy atom. The number of benzene rings is 1. The maximum Gasteiger partial charge on any atom is 0.0358 e. The van der Waals surface area contributed by atoms with Crippen LogP contribution in [0.4, 0.5) is 5.69 Å². The van der Waals surface area contributed by atoms with Crippen LogP contribution in [0, 0.1) is 0 Å². The number of anilines is 1. The highest BCUT2D eigenvalue weighted by molar-refractivity contribution is 9.10. The Labute approximate surface area is 101 Å². The van der Waals surface area contributed by atoms with E-state index in [0.29, 0.717) is 0 Å². The zero-order valence-electron chi connectivity index (χ0n) is 9.46. The molecule has 0 unspecified atom stereocenters. The molecule has 0 aliphatic carbocycles. The van der Waals surface area contributed by atoms with Gasteiger partial charge in [0, 0.05) is 16.7 Å². The summed E-state index contributed by atoms with van der Waals surface area (Å²) in [6.45, 7) is 7.67. The van der Waals surface area contributed by atoms with Crippen molar-refractivity contribution in [3.8, 4) is 0 Å². The van der Waals surface area contributed by atoms with Gasteiger partial charge in [0.2, 0.25) is 0 Å². The first-order valence-electron chi connectivity index (χ1n) is 5.43. The second kappa shape index (κ2) is 6.13. The molecular weight excluding hydrogens is 252 g/mol. The molecule has 0 aliphatic rings. The standard InChI is InChI=1S/C12H19BrN2/c1-3-15(4-2)8-7-10-5-6-11(13)9-12(10)14/h5-6,9H,3-4,7-8,14H2,1-2H3. The Balaban J connectivity index is 2.57. The molecule has 1 aromatic carbocycles. The molecule has 0 spiro atoms. The van der Waals surface area contributed by atoms with E-state index in [9.17, 15) is 0 Å². The van der Waals surface area contributed by atoms with E-state index in [1.807, 2.05) is 12.1 Å². The number of likely N-dealkylation sites (N-methyl/N-ethyl adjacent to an activating group) is 1. The Kier molecular flexibility index (Phi) is 5.12. The van der Waals surface area contributed by atoms with Gasteiger partial charge in [0.25, 0.3) is 0 Å². The van der Waals surface area contributed by atoms with Gasteiger partial charge in [-0.25, -0.2) is 0 Å². The van der Waals surface area contributed by atoms with E-state index < -0.39 is 0 Å². The van der Waals surface area contributed by atoms with Gasteiger partial charge in [-0.05, 0) is 37.2 Å².